The van der Waals surface area contributed by atoms with Gasteiger partial charge in [0.25, 0.3) is 0 Å². The van der Waals surface area contributed by atoms with Crippen molar-refractivity contribution in [2.75, 3.05) is 19.6 Å². The minimum atomic E-state index is 0.386. The minimum absolute atomic E-state index is 0.386. The van der Waals surface area contributed by atoms with Crippen LogP contribution in [0.4, 0.5) is 0 Å². The molecule has 0 spiro atoms. The van der Waals surface area contributed by atoms with Crippen LogP contribution in [-0.2, 0) is 6.54 Å². The second-order valence-electron chi connectivity index (χ2n) is 5.98. The van der Waals surface area contributed by atoms with E-state index in [9.17, 15) is 0 Å². The van der Waals surface area contributed by atoms with Crippen LogP contribution < -0.4 is 5.32 Å². The van der Waals surface area contributed by atoms with Crippen LogP contribution >= 0.6 is 0 Å². The Hall–Kier alpha value is -2.57. The zero-order valence-electron chi connectivity index (χ0n) is 13.4. The van der Waals surface area contributed by atoms with Crippen molar-refractivity contribution < 1.29 is 0 Å². The first-order valence-electron chi connectivity index (χ1n) is 8.19. The Morgan fingerprint density at radius 3 is 2.62 bits per heavy atom. The van der Waals surface area contributed by atoms with Crippen LogP contribution in [0.1, 0.15) is 17.2 Å². The standard InChI is InChI=1S/C18H20N6/c1-3-17(24-14-21-13-22-24)4-2-15(1)12-23-10-9-20-11-18(23)16-5-7-19-8-6-16/h1-8,13-14,18,20H,9-12H2. The van der Waals surface area contributed by atoms with E-state index in [2.05, 4.69) is 61.7 Å². The molecule has 3 aromatic rings. The van der Waals surface area contributed by atoms with E-state index >= 15 is 0 Å². The molecule has 1 fully saturated rings. The van der Waals surface area contributed by atoms with Gasteiger partial charge in [0.05, 0.1) is 5.69 Å². The highest BCUT2D eigenvalue weighted by atomic mass is 15.3. The van der Waals surface area contributed by atoms with Crippen molar-refractivity contribution >= 4 is 0 Å². The predicted octanol–water partition coefficient (Wildman–Crippen LogP) is 1.81. The Kier molecular flexibility index (Phi) is 4.31. The van der Waals surface area contributed by atoms with Crippen LogP contribution in [0.2, 0.25) is 0 Å². The van der Waals surface area contributed by atoms with E-state index in [1.165, 1.54) is 11.1 Å². The molecule has 122 valence electrons. The molecule has 0 bridgehead atoms. The molecule has 3 heterocycles. The maximum atomic E-state index is 4.16. The van der Waals surface area contributed by atoms with Crippen molar-refractivity contribution in [3.8, 4) is 5.69 Å². The first kappa shape index (κ1) is 15.0. The van der Waals surface area contributed by atoms with Gasteiger partial charge in [-0.2, -0.15) is 5.10 Å². The Balaban J connectivity index is 1.50. The van der Waals surface area contributed by atoms with Gasteiger partial charge in [0.15, 0.2) is 0 Å². The van der Waals surface area contributed by atoms with Crippen molar-refractivity contribution in [3.63, 3.8) is 0 Å². The van der Waals surface area contributed by atoms with Crippen molar-refractivity contribution in [2.24, 2.45) is 0 Å². The van der Waals surface area contributed by atoms with Gasteiger partial charge in [-0.15, -0.1) is 0 Å². The summed E-state index contributed by atoms with van der Waals surface area (Å²) in [6.45, 7) is 3.98. The molecule has 2 aromatic heterocycles. The van der Waals surface area contributed by atoms with Crippen LogP contribution in [0.15, 0.2) is 61.4 Å². The Morgan fingerprint density at radius 2 is 1.88 bits per heavy atom. The summed E-state index contributed by atoms with van der Waals surface area (Å²) in [5, 5.41) is 7.66. The fourth-order valence-corrected chi connectivity index (χ4v) is 3.18. The molecule has 1 saturated heterocycles. The number of hydrogen-bond donors (Lipinski definition) is 1. The molecule has 6 heteroatoms. The molecular weight excluding hydrogens is 300 g/mol. The average Bonchev–Trinajstić information content (AvgIpc) is 3.18. The monoisotopic (exact) mass is 320 g/mol. The number of nitrogens with one attached hydrogen (secondary N) is 1. The first-order valence-corrected chi connectivity index (χ1v) is 8.19. The molecule has 1 atom stereocenters. The lowest BCUT2D eigenvalue weighted by molar-refractivity contribution is 0.153. The van der Waals surface area contributed by atoms with E-state index < -0.39 is 0 Å². The summed E-state index contributed by atoms with van der Waals surface area (Å²) in [4.78, 5) is 10.6. The third-order valence-corrected chi connectivity index (χ3v) is 4.45. The average molecular weight is 320 g/mol. The lowest BCUT2D eigenvalue weighted by Crippen LogP contribution is -2.45. The van der Waals surface area contributed by atoms with Crippen LogP contribution in [0.5, 0.6) is 0 Å². The molecule has 1 aliphatic rings. The lowest BCUT2D eigenvalue weighted by Gasteiger charge is -2.36. The van der Waals surface area contributed by atoms with Gasteiger partial charge in [0, 0.05) is 44.6 Å². The van der Waals surface area contributed by atoms with E-state index in [4.69, 9.17) is 0 Å². The van der Waals surface area contributed by atoms with Gasteiger partial charge in [0.2, 0.25) is 0 Å². The molecule has 1 aliphatic heterocycles. The van der Waals surface area contributed by atoms with Crippen LogP contribution in [0, 0.1) is 0 Å². The van der Waals surface area contributed by atoms with E-state index in [0.29, 0.717) is 6.04 Å². The van der Waals surface area contributed by atoms with Crippen molar-refractivity contribution in [1.82, 2.24) is 30.0 Å². The maximum Gasteiger partial charge on any atom is 0.138 e. The van der Waals surface area contributed by atoms with E-state index in [0.717, 1.165) is 31.9 Å². The molecule has 0 radical (unpaired) electrons. The molecule has 1 unspecified atom stereocenters. The zero-order chi connectivity index (χ0) is 16.2. The molecule has 24 heavy (non-hydrogen) atoms. The molecule has 0 amide bonds. The summed E-state index contributed by atoms with van der Waals surface area (Å²) < 4.78 is 1.77. The Morgan fingerprint density at radius 1 is 1.04 bits per heavy atom. The third kappa shape index (κ3) is 3.20. The summed E-state index contributed by atoms with van der Waals surface area (Å²) >= 11 is 0. The van der Waals surface area contributed by atoms with Crippen molar-refractivity contribution in [2.45, 2.75) is 12.6 Å². The van der Waals surface area contributed by atoms with Crippen molar-refractivity contribution in [3.05, 3.63) is 72.6 Å². The molecule has 1 aromatic carbocycles. The second kappa shape index (κ2) is 6.90. The van der Waals surface area contributed by atoms with Gasteiger partial charge in [-0.25, -0.2) is 9.67 Å². The normalized spacial score (nSPS) is 18.6. The van der Waals surface area contributed by atoms with E-state index in [1.54, 1.807) is 17.3 Å². The van der Waals surface area contributed by atoms with E-state index in [1.807, 2.05) is 12.4 Å². The summed E-state index contributed by atoms with van der Waals surface area (Å²) in [5.74, 6) is 0. The van der Waals surface area contributed by atoms with Gasteiger partial charge in [-0.3, -0.25) is 9.88 Å². The molecule has 4 rings (SSSR count). The largest absolute Gasteiger partial charge is 0.314 e. The smallest absolute Gasteiger partial charge is 0.138 e. The number of piperazine rings is 1. The number of hydrogen-bond acceptors (Lipinski definition) is 5. The summed E-state index contributed by atoms with van der Waals surface area (Å²) in [6, 6.07) is 13.1. The lowest BCUT2D eigenvalue weighted by atomic mass is 10.0. The quantitative estimate of drug-likeness (QED) is 0.794. The fourth-order valence-electron chi connectivity index (χ4n) is 3.18. The topological polar surface area (TPSA) is 58.9 Å². The number of benzene rings is 1. The summed E-state index contributed by atoms with van der Waals surface area (Å²) in [7, 11) is 0. The van der Waals surface area contributed by atoms with Crippen LogP contribution in [0.25, 0.3) is 5.69 Å². The number of nitrogens with zero attached hydrogens (tertiary/aromatic N) is 5. The van der Waals surface area contributed by atoms with Gasteiger partial charge >= 0.3 is 0 Å². The molecule has 0 aliphatic carbocycles. The second-order valence-corrected chi connectivity index (χ2v) is 5.98. The number of rotatable bonds is 4. The van der Waals surface area contributed by atoms with Gasteiger partial charge in [-0.1, -0.05) is 12.1 Å². The Labute approximate surface area is 141 Å². The van der Waals surface area contributed by atoms with Gasteiger partial charge in [-0.05, 0) is 35.4 Å². The molecule has 1 N–H and O–H groups in total. The first-order chi connectivity index (χ1) is 11.9. The summed E-state index contributed by atoms with van der Waals surface area (Å²) in [6.07, 6.45) is 7.00. The van der Waals surface area contributed by atoms with Gasteiger partial charge in [0.1, 0.15) is 12.7 Å². The SMILES string of the molecule is c1cc(C2CNCCN2Cc2ccc(-n3cncn3)cc2)ccn1. The fraction of sp³-hybridized carbons (Fsp3) is 0.278. The maximum absolute atomic E-state index is 4.16. The van der Waals surface area contributed by atoms with Gasteiger partial charge < -0.3 is 5.32 Å². The molecule has 0 saturated carbocycles. The van der Waals surface area contributed by atoms with Crippen molar-refractivity contribution in [1.29, 1.82) is 0 Å². The van der Waals surface area contributed by atoms with E-state index in [-0.39, 0.29) is 0 Å². The predicted molar refractivity (Wildman–Crippen MR) is 91.6 cm³/mol. The minimum Gasteiger partial charge on any atom is -0.314 e. The van der Waals surface area contributed by atoms with Crippen LogP contribution in [0.3, 0.4) is 0 Å². The molecular formula is C18H20N6. The van der Waals surface area contributed by atoms with Crippen LogP contribution in [-0.4, -0.2) is 44.3 Å². The Bertz CT molecular complexity index is 754. The zero-order valence-corrected chi connectivity index (χ0v) is 13.4. The molecule has 6 nitrogen and oxygen atoms in total. The highest BCUT2D eigenvalue weighted by molar-refractivity contribution is 5.33. The third-order valence-electron chi connectivity index (χ3n) is 4.45. The highest BCUT2D eigenvalue weighted by Crippen LogP contribution is 2.24. The summed E-state index contributed by atoms with van der Waals surface area (Å²) in [5.41, 5.74) is 3.65. The highest BCUT2D eigenvalue weighted by Gasteiger charge is 2.23. The number of pyridine rings is 1. The number of aromatic nitrogens is 4.